The summed E-state index contributed by atoms with van der Waals surface area (Å²) in [5, 5.41) is 2.74. The Labute approximate surface area is 119 Å². The molecule has 1 rings (SSSR count). The summed E-state index contributed by atoms with van der Waals surface area (Å²) in [6.07, 6.45) is 0. The van der Waals surface area contributed by atoms with E-state index in [1.165, 1.54) is 0 Å². The number of ether oxygens (including phenoxy) is 1. The number of nitrogens with one attached hydrogen (secondary N) is 1. The van der Waals surface area contributed by atoms with Gasteiger partial charge in [0, 0.05) is 5.69 Å². The predicted molar refractivity (Wildman–Crippen MR) is 76.8 cm³/mol. The smallest absolute Gasteiger partial charge is 0.338 e. The van der Waals surface area contributed by atoms with Crippen LogP contribution in [-0.4, -0.2) is 44.0 Å². The van der Waals surface area contributed by atoms with Crippen LogP contribution in [-0.2, 0) is 9.53 Å². The summed E-state index contributed by atoms with van der Waals surface area (Å²) in [5.74, 6) is -0.451. The molecular formula is C13H19ClN2O3. The van der Waals surface area contributed by atoms with Crippen LogP contribution in [0.1, 0.15) is 17.3 Å². The molecule has 0 saturated heterocycles. The number of carbonyl (C=O) groups excluding carboxylic acids is 2. The van der Waals surface area contributed by atoms with Gasteiger partial charge in [0.15, 0.2) is 0 Å². The zero-order valence-electron chi connectivity index (χ0n) is 11.3. The van der Waals surface area contributed by atoms with Gasteiger partial charge in [0.2, 0.25) is 5.91 Å². The van der Waals surface area contributed by atoms with Gasteiger partial charge < -0.3 is 15.0 Å². The number of rotatable bonds is 5. The molecule has 0 atom stereocenters. The van der Waals surface area contributed by atoms with Gasteiger partial charge >= 0.3 is 5.97 Å². The maximum atomic E-state index is 11.5. The maximum absolute atomic E-state index is 11.5. The number of likely N-dealkylation sites (N-methyl/N-ethyl adjacent to an activating group) is 1. The second-order valence-electron chi connectivity index (χ2n) is 4.08. The summed E-state index contributed by atoms with van der Waals surface area (Å²) < 4.78 is 4.87. The molecule has 0 aliphatic rings. The van der Waals surface area contributed by atoms with Gasteiger partial charge in [-0.1, -0.05) is 0 Å². The Morgan fingerprint density at radius 1 is 1.21 bits per heavy atom. The lowest BCUT2D eigenvalue weighted by atomic mass is 10.2. The van der Waals surface area contributed by atoms with Crippen LogP contribution in [0.15, 0.2) is 24.3 Å². The van der Waals surface area contributed by atoms with E-state index < -0.39 is 0 Å². The van der Waals surface area contributed by atoms with Gasteiger partial charge in [0.05, 0.1) is 18.7 Å². The summed E-state index contributed by atoms with van der Waals surface area (Å²) >= 11 is 0. The topological polar surface area (TPSA) is 58.6 Å². The molecule has 0 aliphatic carbocycles. The highest BCUT2D eigenvalue weighted by Gasteiger charge is 2.07. The van der Waals surface area contributed by atoms with Crippen LogP contribution in [0.4, 0.5) is 5.69 Å². The number of amides is 1. The number of halogens is 1. The summed E-state index contributed by atoms with van der Waals surface area (Å²) in [4.78, 5) is 24.7. The molecular weight excluding hydrogens is 268 g/mol. The largest absolute Gasteiger partial charge is 0.462 e. The molecule has 0 radical (unpaired) electrons. The summed E-state index contributed by atoms with van der Waals surface area (Å²) in [5.41, 5.74) is 1.14. The SMILES string of the molecule is CCOC(=O)c1ccc(NC(=O)CN(C)C)cc1.Cl. The van der Waals surface area contributed by atoms with Gasteiger partial charge in [-0.05, 0) is 45.3 Å². The van der Waals surface area contributed by atoms with E-state index in [9.17, 15) is 9.59 Å². The van der Waals surface area contributed by atoms with Crippen molar-refractivity contribution in [2.24, 2.45) is 0 Å². The molecule has 0 saturated carbocycles. The average molecular weight is 287 g/mol. The first-order valence-corrected chi connectivity index (χ1v) is 5.74. The van der Waals surface area contributed by atoms with Gasteiger partial charge in [-0.3, -0.25) is 4.79 Å². The monoisotopic (exact) mass is 286 g/mol. The highest BCUT2D eigenvalue weighted by Crippen LogP contribution is 2.10. The number of benzene rings is 1. The fraction of sp³-hybridized carbons (Fsp3) is 0.385. The molecule has 0 fully saturated rings. The molecule has 1 aromatic carbocycles. The molecule has 1 N–H and O–H groups in total. The highest BCUT2D eigenvalue weighted by atomic mass is 35.5. The van der Waals surface area contributed by atoms with E-state index in [1.807, 2.05) is 14.1 Å². The fourth-order valence-corrected chi connectivity index (χ4v) is 1.39. The Morgan fingerprint density at radius 2 is 1.79 bits per heavy atom. The summed E-state index contributed by atoms with van der Waals surface area (Å²) in [6.45, 7) is 2.42. The van der Waals surface area contributed by atoms with E-state index in [0.717, 1.165) is 0 Å². The molecule has 0 bridgehead atoms. The quantitative estimate of drug-likeness (QED) is 0.839. The number of hydrogen-bond donors (Lipinski definition) is 1. The van der Waals surface area contributed by atoms with Crippen molar-refractivity contribution in [2.75, 3.05) is 32.6 Å². The summed E-state index contributed by atoms with van der Waals surface area (Å²) in [6, 6.07) is 6.62. The second kappa shape index (κ2) is 8.50. The van der Waals surface area contributed by atoms with Gasteiger partial charge in [0.1, 0.15) is 0 Å². The molecule has 19 heavy (non-hydrogen) atoms. The third kappa shape index (κ3) is 6.22. The minimum absolute atomic E-state index is 0. The van der Waals surface area contributed by atoms with Crippen molar-refractivity contribution in [1.82, 2.24) is 4.90 Å². The number of nitrogens with zero attached hydrogens (tertiary/aromatic N) is 1. The highest BCUT2D eigenvalue weighted by molar-refractivity contribution is 5.93. The minimum Gasteiger partial charge on any atom is -0.462 e. The van der Waals surface area contributed by atoms with Crippen LogP contribution in [0.25, 0.3) is 0 Å². The lowest BCUT2D eigenvalue weighted by molar-refractivity contribution is -0.116. The first-order valence-electron chi connectivity index (χ1n) is 5.74. The molecule has 6 heteroatoms. The van der Waals surface area contributed by atoms with E-state index in [2.05, 4.69) is 5.32 Å². The van der Waals surface area contributed by atoms with Gasteiger partial charge in [-0.25, -0.2) is 4.79 Å². The lowest BCUT2D eigenvalue weighted by Crippen LogP contribution is -2.27. The number of carbonyl (C=O) groups is 2. The molecule has 1 aromatic rings. The fourth-order valence-electron chi connectivity index (χ4n) is 1.39. The molecule has 1 amide bonds. The van der Waals surface area contributed by atoms with Crippen LogP contribution >= 0.6 is 12.4 Å². The van der Waals surface area contributed by atoms with E-state index >= 15 is 0 Å². The third-order valence-corrected chi connectivity index (χ3v) is 2.14. The van der Waals surface area contributed by atoms with E-state index in [4.69, 9.17) is 4.74 Å². The lowest BCUT2D eigenvalue weighted by Gasteiger charge is -2.10. The average Bonchev–Trinajstić information content (AvgIpc) is 2.29. The van der Waals surface area contributed by atoms with Crippen LogP contribution in [0.3, 0.4) is 0 Å². The standard InChI is InChI=1S/C13H18N2O3.ClH/c1-4-18-13(17)10-5-7-11(8-6-10)14-12(16)9-15(2)3;/h5-8H,4,9H2,1-3H3,(H,14,16);1H. The molecule has 0 aliphatic heterocycles. The number of hydrogen-bond acceptors (Lipinski definition) is 4. The predicted octanol–water partition coefficient (Wildman–Crippen LogP) is 1.79. The van der Waals surface area contributed by atoms with E-state index in [1.54, 1.807) is 36.1 Å². The Balaban J connectivity index is 0.00000324. The van der Waals surface area contributed by atoms with Crippen LogP contribution in [0, 0.1) is 0 Å². The Hall–Kier alpha value is -1.59. The van der Waals surface area contributed by atoms with Crippen molar-refractivity contribution >= 4 is 30.0 Å². The van der Waals surface area contributed by atoms with Gasteiger partial charge in [-0.2, -0.15) is 0 Å². The van der Waals surface area contributed by atoms with Crippen LogP contribution in [0.5, 0.6) is 0 Å². The van der Waals surface area contributed by atoms with Crippen LogP contribution < -0.4 is 5.32 Å². The molecule has 0 unspecified atom stereocenters. The molecule has 0 spiro atoms. The molecule has 0 aromatic heterocycles. The van der Waals surface area contributed by atoms with Crippen molar-refractivity contribution < 1.29 is 14.3 Å². The van der Waals surface area contributed by atoms with Crippen molar-refractivity contribution in [3.8, 4) is 0 Å². The first-order chi connectivity index (χ1) is 8.52. The molecule has 0 heterocycles. The van der Waals surface area contributed by atoms with E-state index in [-0.39, 0.29) is 24.3 Å². The third-order valence-electron chi connectivity index (χ3n) is 2.14. The molecule has 5 nitrogen and oxygen atoms in total. The molecule has 106 valence electrons. The van der Waals surface area contributed by atoms with Crippen LogP contribution in [0.2, 0.25) is 0 Å². The Kier molecular flexibility index (Phi) is 7.79. The normalized spacial score (nSPS) is 9.68. The zero-order valence-corrected chi connectivity index (χ0v) is 12.1. The van der Waals surface area contributed by atoms with Crippen molar-refractivity contribution in [1.29, 1.82) is 0 Å². The first kappa shape index (κ1) is 17.4. The Morgan fingerprint density at radius 3 is 2.26 bits per heavy atom. The zero-order chi connectivity index (χ0) is 13.5. The van der Waals surface area contributed by atoms with Gasteiger partial charge in [0.25, 0.3) is 0 Å². The Bertz CT molecular complexity index is 418. The summed E-state index contributed by atoms with van der Waals surface area (Å²) in [7, 11) is 3.65. The van der Waals surface area contributed by atoms with E-state index in [0.29, 0.717) is 24.4 Å². The van der Waals surface area contributed by atoms with Crippen molar-refractivity contribution in [3.05, 3.63) is 29.8 Å². The van der Waals surface area contributed by atoms with Crippen molar-refractivity contribution in [2.45, 2.75) is 6.92 Å². The van der Waals surface area contributed by atoms with Gasteiger partial charge in [-0.15, -0.1) is 12.4 Å². The second-order valence-corrected chi connectivity index (χ2v) is 4.08. The van der Waals surface area contributed by atoms with Crippen molar-refractivity contribution in [3.63, 3.8) is 0 Å². The maximum Gasteiger partial charge on any atom is 0.338 e. The number of anilines is 1. The number of esters is 1. The minimum atomic E-state index is -0.358.